The van der Waals surface area contributed by atoms with Gasteiger partial charge in [-0.15, -0.1) is 11.3 Å². The molecule has 0 atom stereocenters. The monoisotopic (exact) mass is 300 g/mol. The molecule has 0 spiro atoms. The van der Waals surface area contributed by atoms with Gasteiger partial charge in [-0.05, 0) is 18.2 Å². The van der Waals surface area contributed by atoms with Crippen LogP contribution in [-0.4, -0.2) is 18.1 Å². The quantitative estimate of drug-likeness (QED) is 0.880. The summed E-state index contributed by atoms with van der Waals surface area (Å²) in [6.07, 6.45) is 1.62. The molecule has 1 N–H and O–H groups in total. The predicted molar refractivity (Wildman–Crippen MR) is 72.2 cm³/mol. The second kappa shape index (κ2) is 5.99. The van der Waals surface area contributed by atoms with E-state index in [9.17, 15) is 9.18 Å². The van der Waals surface area contributed by atoms with Gasteiger partial charge in [-0.1, -0.05) is 11.6 Å². The molecule has 0 saturated carbocycles. The smallest absolute Gasteiger partial charge is 0.339 e. The molecule has 0 aliphatic carbocycles. The van der Waals surface area contributed by atoms with Gasteiger partial charge in [0.05, 0.1) is 24.9 Å². The number of hydrogen-bond donors (Lipinski definition) is 1. The third kappa shape index (κ3) is 3.42. The first-order valence-electron chi connectivity index (χ1n) is 5.32. The maximum absolute atomic E-state index is 13.2. The van der Waals surface area contributed by atoms with Crippen molar-refractivity contribution >= 4 is 34.6 Å². The van der Waals surface area contributed by atoms with Crippen molar-refractivity contribution in [3.8, 4) is 0 Å². The van der Waals surface area contributed by atoms with E-state index in [4.69, 9.17) is 11.6 Å². The van der Waals surface area contributed by atoms with E-state index >= 15 is 0 Å². The van der Waals surface area contributed by atoms with Crippen LogP contribution in [0.15, 0.2) is 24.4 Å². The van der Waals surface area contributed by atoms with Crippen LogP contribution in [0.4, 0.5) is 10.1 Å². The van der Waals surface area contributed by atoms with Crippen LogP contribution >= 0.6 is 22.9 Å². The third-order valence-corrected chi connectivity index (χ3v) is 3.48. The van der Waals surface area contributed by atoms with Crippen LogP contribution in [0.5, 0.6) is 0 Å². The number of benzene rings is 1. The minimum absolute atomic E-state index is 0.277. The number of halogens is 2. The van der Waals surface area contributed by atoms with Gasteiger partial charge in [0.1, 0.15) is 5.82 Å². The Morgan fingerprint density at radius 3 is 3.00 bits per heavy atom. The Hall–Kier alpha value is -1.66. The zero-order valence-corrected chi connectivity index (χ0v) is 11.5. The van der Waals surface area contributed by atoms with E-state index in [1.165, 1.54) is 36.6 Å². The average molecular weight is 301 g/mol. The molecular weight excluding hydrogens is 291 g/mol. The van der Waals surface area contributed by atoms with E-state index in [0.29, 0.717) is 16.7 Å². The first-order valence-corrected chi connectivity index (χ1v) is 6.51. The SMILES string of the molecule is COC(=O)c1ccc(F)cc1NCc1cnc(Cl)s1. The summed E-state index contributed by atoms with van der Waals surface area (Å²) in [5.74, 6) is -0.956. The number of aromatic nitrogens is 1. The van der Waals surface area contributed by atoms with Crippen molar-refractivity contribution in [2.24, 2.45) is 0 Å². The van der Waals surface area contributed by atoms with Gasteiger partial charge in [-0.25, -0.2) is 14.2 Å². The van der Waals surface area contributed by atoms with Crippen LogP contribution in [0.25, 0.3) is 0 Å². The Morgan fingerprint density at radius 2 is 2.37 bits per heavy atom. The fourth-order valence-corrected chi connectivity index (χ4v) is 2.42. The second-order valence-electron chi connectivity index (χ2n) is 3.61. The highest BCUT2D eigenvalue weighted by atomic mass is 35.5. The minimum Gasteiger partial charge on any atom is -0.465 e. The molecule has 7 heteroatoms. The molecule has 1 heterocycles. The largest absolute Gasteiger partial charge is 0.465 e. The highest BCUT2D eigenvalue weighted by Gasteiger charge is 2.12. The van der Waals surface area contributed by atoms with Crippen LogP contribution in [0.1, 0.15) is 15.2 Å². The Kier molecular flexibility index (Phi) is 4.34. The topological polar surface area (TPSA) is 51.2 Å². The summed E-state index contributed by atoms with van der Waals surface area (Å²) in [5, 5.41) is 2.97. The number of nitrogens with zero attached hydrogens (tertiary/aromatic N) is 1. The molecule has 1 aromatic heterocycles. The summed E-state index contributed by atoms with van der Waals surface area (Å²) in [6, 6.07) is 3.83. The fourth-order valence-electron chi connectivity index (χ4n) is 1.50. The van der Waals surface area contributed by atoms with E-state index < -0.39 is 11.8 Å². The third-order valence-electron chi connectivity index (χ3n) is 2.37. The molecule has 0 fully saturated rings. The molecule has 0 amide bonds. The number of carbonyl (C=O) groups excluding carboxylic acids is 1. The maximum atomic E-state index is 13.2. The Labute approximate surface area is 118 Å². The molecule has 2 aromatic rings. The number of methoxy groups -OCH3 is 1. The number of thiazole rings is 1. The van der Waals surface area contributed by atoms with E-state index in [1.807, 2.05) is 0 Å². The number of nitrogens with one attached hydrogen (secondary N) is 1. The van der Waals surface area contributed by atoms with Gasteiger partial charge in [0, 0.05) is 11.1 Å². The number of hydrogen-bond acceptors (Lipinski definition) is 5. The second-order valence-corrected chi connectivity index (χ2v) is 5.31. The number of carbonyl (C=O) groups is 1. The molecule has 0 bridgehead atoms. The Bertz CT molecular complexity index is 603. The molecule has 1 aromatic carbocycles. The fraction of sp³-hybridized carbons (Fsp3) is 0.167. The van der Waals surface area contributed by atoms with Gasteiger partial charge in [0.25, 0.3) is 0 Å². The summed E-state index contributed by atoms with van der Waals surface area (Å²) in [6.45, 7) is 0.401. The molecule has 0 aliphatic rings. The average Bonchev–Trinajstić information content (AvgIpc) is 2.81. The van der Waals surface area contributed by atoms with Gasteiger partial charge < -0.3 is 10.1 Å². The van der Waals surface area contributed by atoms with E-state index in [0.717, 1.165) is 4.88 Å². The van der Waals surface area contributed by atoms with Crippen LogP contribution in [0.2, 0.25) is 4.47 Å². The highest BCUT2D eigenvalue weighted by molar-refractivity contribution is 7.15. The normalized spacial score (nSPS) is 10.3. The summed E-state index contributed by atoms with van der Waals surface area (Å²) < 4.78 is 18.3. The lowest BCUT2D eigenvalue weighted by molar-refractivity contribution is 0.0602. The zero-order chi connectivity index (χ0) is 13.8. The summed E-state index contributed by atoms with van der Waals surface area (Å²) in [5.41, 5.74) is 0.649. The lowest BCUT2D eigenvalue weighted by Gasteiger charge is -2.09. The molecule has 0 aliphatic heterocycles. The minimum atomic E-state index is -0.523. The number of anilines is 1. The van der Waals surface area contributed by atoms with Crippen LogP contribution in [0, 0.1) is 5.82 Å². The number of esters is 1. The number of ether oxygens (including phenoxy) is 1. The van der Waals surface area contributed by atoms with Crippen molar-refractivity contribution in [3.05, 3.63) is 45.1 Å². The van der Waals surface area contributed by atoms with Gasteiger partial charge in [-0.2, -0.15) is 0 Å². The molecule has 19 heavy (non-hydrogen) atoms. The van der Waals surface area contributed by atoms with Gasteiger partial charge in [0.15, 0.2) is 4.47 Å². The Morgan fingerprint density at radius 1 is 1.58 bits per heavy atom. The van der Waals surface area contributed by atoms with Crippen molar-refractivity contribution in [2.75, 3.05) is 12.4 Å². The van der Waals surface area contributed by atoms with E-state index in [2.05, 4.69) is 15.0 Å². The first kappa shape index (κ1) is 13.8. The lowest BCUT2D eigenvalue weighted by Crippen LogP contribution is -2.08. The van der Waals surface area contributed by atoms with E-state index in [1.54, 1.807) is 6.20 Å². The zero-order valence-electron chi connectivity index (χ0n) is 9.94. The molecule has 0 unspecified atom stereocenters. The van der Waals surface area contributed by atoms with Gasteiger partial charge in [0.2, 0.25) is 0 Å². The van der Waals surface area contributed by atoms with Crippen molar-refractivity contribution in [2.45, 2.75) is 6.54 Å². The van der Waals surface area contributed by atoms with Gasteiger partial charge >= 0.3 is 5.97 Å². The standard InChI is InChI=1S/C12H10ClFN2O2S/c1-18-11(17)9-3-2-7(14)4-10(9)15-5-8-6-16-12(13)19-8/h2-4,6,15H,5H2,1H3. The molecule has 0 saturated heterocycles. The highest BCUT2D eigenvalue weighted by Crippen LogP contribution is 2.22. The van der Waals surface area contributed by atoms with Gasteiger partial charge in [-0.3, -0.25) is 0 Å². The maximum Gasteiger partial charge on any atom is 0.339 e. The number of rotatable bonds is 4. The van der Waals surface area contributed by atoms with Crippen molar-refractivity contribution < 1.29 is 13.9 Å². The lowest BCUT2D eigenvalue weighted by atomic mass is 10.1. The molecule has 100 valence electrons. The summed E-state index contributed by atoms with van der Waals surface area (Å²) >= 11 is 7.03. The van der Waals surface area contributed by atoms with Crippen molar-refractivity contribution in [1.29, 1.82) is 0 Å². The molecule has 2 rings (SSSR count). The van der Waals surface area contributed by atoms with Crippen LogP contribution in [0.3, 0.4) is 0 Å². The van der Waals surface area contributed by atoms with E-state index in [-0.39, 0.29) is 5.56 Å². The predicted octanol–water partition coefficient (Wildman–Crippen LogP) is 3.33. The molecular formula is C12H10ClFN2O2S. The van der Waals surface area contributed by atoms with Crippen molar-refractivity contribution in [1.82, 2.24) is 4.98 Å². The first-order chi connectivity index (χ1) is 9.10. The van der Waals surface area contributed by atoms with Crippen LogP contribution < -0.4 is 5.32 Å². The Balaban J connectivity index is 2.18. The summed E-state index contributed by atoms with van der Waals surface area (Å²) in [4.78, 5) is 16.3. The molecule has 4 nitrogen and oxygen atoms in total. The molecule has 0 radical (unpaired) electrons. The van der Waals surface area contributed by atoms with Crippen molar-refractivity contribution in [3.63, 3.8) is 0 Å². The summed E-state index contributed by atoms with van der Waals surface area (Å²) in [7, 11) is 1.28. The van der Waals surface area contributed by atoms with Crippen LogP contribution in [-0.2, 0) is 11.3 Å².